The highest BCUT2D eigenvalue weighted by molar-refractivity contribution is 5.84. The zero-order valence-corrected chi connectivity index (χ0v) is 16.5. The number of rotatable bonds is 3. The Balaban J connectivity index is 1.77. The lowest BCUT2D eigenvalue weighted by atomic mass is 9.74. The first kappa shape index (κ1) is 17.7. The van der Waals surface area contributed by atoms with Crippen molar-refractivity contribution in [2.75, 3.05) is 30.4 Å². The van der Waals surface area contributed by atoms with Crippen molar-refractivity contribution in [3.63, 3.8) is 0 Å². The number of nitrogens with zero attached hydrogens (tertiary/aromatic N) is 2. The molecule has 1 atom stereocenters. The smallest absolute Gasteiger partial charge is 0.223 e. The minimum Gasteiger partial charge on any atom is -0.378 e. The number of carbonyl (C=O) groups excluding carboxylic acids is 1. The van der Waals surface area contributed by atoms with E-state index >= 15 is 0 Å². The summed E-state index contributed by atoms with van der Waals surface area (Å²) in [6.45, 7) is 5.17. The Morgan fingerprint density at radius 3 is 2.48 bits per heavy atom. The van der Waals surface area contributed by atoms with Gasteiger partial charge in [0.1, 0.15) is 5.66 Å². The highest BCUT2D eigenvalue weighted by atomic mass is 16.2. The van der Waals surface area contributed by atoms with Crippen molar-refractivity contribution in [1.29, 1.82) is 0 Å². The molecule has 4 nitrogen and oxygen atoms in total. The van der Waals surface area contributed by atoms with E-state index in [0.29, 0.717) is 6.42 Å². The average molecular weight is 361 g/mol. The maximum atomic E-state index is 12.4. The number of anilines is 2. The van der Waals surface area contributed by atoms with Gasteiger partial charge in [0.25, 0.3) is 0 Å². The summed E-state index contributed by atoms with van der Waals surface area (Å²) >= 11 is 0. The lowest BCUT2D eigenvalue weighted by Gasteiger charge is -2.49. The fourth-order valence-corrected chi connectivity index (χ4v) is 4.42. The Bertz CT molecular complexity index is 898. The van der Waals surface area contributed by atoms with E-state index in [1.54, 1.807) is 0 Å². The van der Waals surface area contributed by atoms with Crippen molar-refractivity contribution in [2.45, 2.75) is 31.3 Å². The molecule has 27 heavy (non-hydrogen) atoms. The van der Waals surface area contributed by atoms with Crippen LogP contribution in [-0.2, 0) is 10.2 Å². The van der Waals surface area contributed by atoms with E-state index in [1.165, 1.54) is 16.9 Å². The predicted molar refractivity (Wildman–Crippen MR) is 112 cm³/mol. The Morgan fingerprint density at radius 1 is 1.07 bits per heavy atom. The van der Waals surface area contributed by atoms with Crippen LogP contribution in [0.2, 0.25) is 0 Å². The third kappa shape index (κ3) is 2.62. The molecule has 0 aromatic heterocycles. The van der Waals surface area contributed by atoms with Crippen molar-refractivity contribution in [2.24, 2.45) is 0 Å². The van der Waals surface area contributed by atoms with E-state index in [0.717, 1.165) is 12.1 Å². The van der Waals surface area contributed by atoms with Crippen LogP contribution >= 0.6 is 0 Å². The maximum Gasteiger partial charge on any atom is 0.223 e. The summed E-state index contributed by atoms with van der Waals surface area (Å²) in [5, 5.41) is 3.32. The molecule has 1 N–H and O–H groups in total. The molecular weight excluding hydrogens is 334 g/mol. The molecule has 0 radical (unpaired) electrons. The van der Waals surface area contributed by atoms with Crippen molar-refractivity contribution in [1.82, 2.24) is 5.32 Å². The molecule has 2 heterocycles. The summed E-state index contributed by atoms with van der Waals surface area (Å²) in [5.41, 5.74) is 4.01. The Morgan fingerprint density at radius 2 is 1.78 bits per heavy atom. The monoisotopic (exact) mass is 361 g/mol. The summed E-state index contributed by atoms with van der Waals surface area (Å²) in [6.07, 6.45) is 4.83. The van der Waals surface area contributed by atoms with Crippen LogP contribution in [0.15, 0.2) is 54.6 Å². The third-order valence-corrected chi connectivity index (χ3v) is 6.07. The predicted octanol–water partition coefficient (Wildman–Crippen LogP) is 3.78. The standard InChI is InChI=1S/C23H27N3O/c1-22(2)19-7-5-6-8-20(19)26-16-14-21(27)24-23(22,26)15-13-17-9-11-18(12-10-17)25(3)4/h5-13,15H,14,16H2,1-4H3,(H,24,27)/b15-13+. The molecule has 0 spiro atoms. The number of hydrogen-bond acceptors (Lipinski definition) is 3. The molecule has 0 saturated carbocycles. The minimum absolute atomic E-state index is 0.111. The summed E-state index contributed by atoms with van der Waals surface area (Å²) in [6, 6.07) is 17.0. The SMILES string of the molecule is CN(C)c1ccc(/C=C/C23NC(=O)CCN2c2ccccc2C3(C)C)cc1. The topological polar surface area (TPSA) is 35.6 Å². The van der Waals surface area contributed by atoms with Crippen molar-refractivity contribution >= 4 is 23.4 Å². The van der Waals surface area contributed by atoms with Gasteiger partial charge in [0.15, 0.2) is 0 Å². The molecule has 2 aromatic rings. The lowest BCUT2D eigenvalue weighted by molar-refractivity contribution is -0.124. The summed E-state index contributed by atoms with van der Waals surface area (Å²) < 4.78 is 0. The fourth-order valence-electron chi connectivity index (χ4n) is 4.42. The zero-order chi connectivity index (χ0) is 19.2. The van der Waals surface area contributed by atoms with E-state index in [9.17, 15) is 4.79 Å². The molecule has 1 saturated heterocycles. The van der Waals surface area contributed by atoms with E-state index in [2.05, 4.69) is 89.6 Å². The molecule has 0 aliphatic carbocycles. The van der Waals surface area contributed by atoms with E-state index in [-0.39, 0.29) is 11.3 Å². The van der Waals surface area contributed by atoms with Gasteiger partial charge in [-0.05, 0) is 35.4 Å². The molecule has 2 aromatic carbocycles. The number of carbonyl (C=O) groups is 1. The Labute approximate surface area is 161 Å². The van der Waals surface area contributed by atoms with Crippen LogP contribution in [-0.4, -0.2) is 32.2 Å². The highest BCUT2D eigenvalue weighted by Gasteiger charge is 2.57. The van der Waals surface area contributed by atoms with Crippen LogP contribution in [0.4, 0.5) is 11.4 Å². The lowest BCUT2D eigenvalue weighted by Crippen LogP contribution is -2.68. The van der Waals surface area contributed by atoms with Gasteiger partial charge >= 0.3 is 0 Å². The van der Waals surface area contributed by atoms with Crippen LogP contribution in [0.25, 0.3) is 6.08 Å². The average Bonchev–Trinajstić information content (AvgIpc) is 2.85. The van der Waals surface area contributed by atoms with Gasteiger partial charge in [-0.1, -0.05) is 50.3 Å². The first-order valence-corrected chi connectivity index (χ1v) is 9.50. The second kappa shape index (κ2) is 6.15. The Kier molecular flexibility index (Phi) is 4.02. The number of amides is 1. The summed E-state index contributed by atoms with van der Waals surface area (Å²) in [4.78, 5) is 16.8. The third-order valence-electron chi connectivity index (χ3n) is 6.07. The zero-order valence-electron chi connectivity index (χ0n) is 16.5. The van der Waals surface area contributed by atoms with Crippen LogP contribution in [0, 0.1) is 0 Å². The second-order valence-electron chi connectivity index (χ2n) is 8.18. The maximum absolute atomic E-state index is 12.4. The van der Waals surface area contributed by atoms with Gasteiger partial charge < -0.3 is 15.1 Å². The molecule has 2 aliphatic rings. The van der Waals surface area contributed by atoms with Gasteiger partial charge in [-0.25, -0.2) is 0 Å². The van der Waals surface area contributed by atoms with E-state index < -0.39 is 5.66 Å². The number of fused-ring (bicyclic) bond motifs is 3. The summed E-state index contributed by atoms with van der Waals surface area (Å²) in [5.74, 6) is 0.111. The molecule has 1 fully saturated rings. The van der Waals surface area contributed by atoms with Gasteiger partial charge in [-0.3, -0.25) is 4.79 Å². The molecule has 4 heteroatoms. The van der Waals surface area contributed by atoms with Gasteiger partial charge in [-0.2, -0.15) is 0 Å². The van der Waals surface area contributed by atoms with Gasteiger partial charge in [0, 0.05) is 43.9 Å². The van der Waals surface area contributed by atoms with Crippen molar-refractivity contribution < 1.29 is 4.79 Å². The number of para-hydroxylation sites is 1. The molecule has 4 rings (SSSR count). The van der Waals surface area contributed by atoms with Crippen molar-refractivity contribution in [3.05, 3.63) is 65.7 Å². The van der Waals surface area contributed by atoms with Crippen LogP contribution in [0.1, 0.15) is 31.4 Å². The minimum atomic E-state index is -0.549. The van der Waals surface area contributed by atoms with Gasteiger partial charge in [0.05, 0.1) is 0 Å². The van der Waals surface area contributed by atoms with Crippen LogP contribution in [0.5, 0.6) is 0 Å². The number of hydrogen-bond donors (Lipinski definition) is 1. The van der Waals surface area contributed by atoms with E-state index in [1.807, 2.05) is 14.1 Å². The molecule has 0 bridgehead atoms. The van der Waals surface area contributed by atoms with Gasteiger partial charge in [-0.15, -0.1) is 0 Å². The largest absolute Gasteiger partial charge is 0.378 e. The van der Waals surface area contributed by atoms with Gasteiger partial charge in [0.2, 0.25) is 5.91 Å². The Hall–Kier alpha value is -2.75. The number of nitrogens with one attached hydrogen (secondary N) is 1. The highest BCUT2D eigenvalue weighted by Crippen LogP contribution is 2.52. The molecule has 2 aliphatic heterocycles. The number of benzene rings is 2. The first-order chi connectivity index (χ1) is 12.8. The normalized spacial score (nSPS) is 23.1. The van der Waals surface area contributed by atoms with Crippen LogP contribution < -0.4 is 15.1 Å². The molecule has 1 unspecified atom stereocenters. The van der Waals surface area contributed by atoms with Crippen molar-refractivity contribution in [3.8, 4) is 0 Å². The second-order valence-corrected chi connectivity index (χ2v) is 8.18. The van der Waals surface area contributed by atoms with E-state index in [4.69, 9.17) is 0 Å². The summed E-state index contributed by atoms with van der Waals surface area (Å²) in [7, 11) is 4.08. The quantitative estimate of drug-likeness (QED) is 0.904. The first-order valence-electron chi connectivity index (χ1n) is 9.50. The molecule has 1 amide bonds. The molecular formula is C23H27N3O. The molecule has 140 valence electrons. The fraction of sp³-hybridized carbons (Fsp3) is 0.348. The van der Waals surface area contributed by atoms with Crippen LogP contribution in [0.3, 0.4) is 0 Å².